The second-order valence-corrected chi connectivity index (χ2v) is 8.56. The van der Waals surface area contributed by atoms with Gasteiger partial charge in [0, 0.05) is 27.2 Å². The average molecular weight is 311 g/mol. The third-order valence-electron chi connectivity index (χ3n) is 4.21. The van der Waals surface area contributed by atoms with Crippen LogP contribution in [0.25, 0.3) is 0 Å². The summed E-state index contributed by atoms with van der Waals surface area (Å²) < 4.78 is 25.6. The van der Waals surface area contributed by atoms with Gasteiger partial charge < -0.3 is 5.73 Å². The van der Waals surface area contributed by atoms with Gasteiger partial charge in [0.05, 0.1) is 4.90 Å². The van der Waals surface area contributed by atoms with Gasteiger partial charge in [0.15, 0.2) is 0 Å². The second kappa shape index (κ2) is 6.04. The lowest BCUT2D eigenvalue weighted by Gasteiger charge is -2.22. The van der Waals surface area contributed by atoms with Crippen LogP contribution in [0.15, 0.2) is 29.2 Å². The Hall–Kier alpha value is -0.950. The Kier molecular flexibility index (Phi) is 4.72. The summed E-state index contributed by atoms with van der Waals surface area (Å²) in [5, 5.41) is 0. The van der Waals surface area contributed by atoms with Crippen LogP contribution in [0.5, 0.6) is 0 Å². The second-order valence-electron chi connectivity index (χ2n) is 6.41. The minimum atomic E-state index is -3.37. The highest BCUT2D eigenvalue weighted by molar-refractivity contribution is 7.89. The maximum atomic E-state index is 12.2. The molecule has 0 aliphatic carbocycles. The summed E-state index contributed by atoms with van der Waals surface area (Å²) >= 11 is 0. The number of nitrogens with zero attached hydrogens (tertiary/aromatic N) is 2. The molecule has 0 bridgehead atoms. The van der Waals surface area contributed by atoms with Gasteiger partial charge in [0.2, 0.25) is 10.0 Å². The summed E-state index contributed by atoms with van der Waals surface area (Å²) in [6.45, 7) is 5.65. The van der Waals surface area contributed by atoms with Crippen LogP contribution >= 0.6 is 0 Å². The third kappa shape index (κ3) is 3.63. The smallest absolute Gasteiger partial charge is 0.242 e. The Morgan fingerprint density at radius 1 is 1.38 bits per heavy atom. The molecular weight excluding hydrogens is 286 g/mol. The minimum absolute atomic E-state index is 0.188. The van der Waals surface area contributed by atoms with Crippen LogP contribution < -0.4 is 5.73 Å². The first kappa shape index (κ1) is 16.4. The fourth-order valence-electron chi connectivity index (χ4n) is 2.70. The van der Waals surface area contributed by atoms with Crippen LogP contribution in [0.1, 0.15) is 18.9 Å². The molecule has 1 aliphatic heterocycles. The normalized spacial score (nSPS) is 23.9. The van der Waals surface area contributed by atoms with Crippen molar-refractivity contribution in [2.24, 2.45) is 11.1 Å². The van der Waals surface area contributed by atoms with E-state index in [0.717, 1.165) is 31.6 Å². The standard InChI is InChI=1S/C15H25N3O2S/c1-15(11-16)7-8-18(12-15)10-13-5-4-6-14(9-13)21(19,20)17(2)3/h4-6,9H,7-8,10-12,16H2,1-3H3. The Balaban J connectivity index is 2.13. The molecule has 0 spiro atoms. The fraction of sp³-hybridized carbons (Fsp3) is 0.600. The Morgan fingerprint density at radius 2 is 2.10 bits per heavy atom. The molecule has 1 aliphatic rings. The average Bonchev–Trinajstić information content (AvgIpc) is 2.81. The predicted octanol–water partition coefficient (Wildman–Crippen LogP) is 1.11. The van der Waals surface area contributed by atoms with E-state index in [0.29, 0.717) is 11.4 Å². The molecule has 1 aromatic rings. The zero-order valence-electron chi connectivity index (χ0n) is 13.0. The van der Waals surface area contributed by atoms with Crippen LogP contribution in [0.3, 0.4) is 0 Å². The summed E-state index contributed by atoms with van der Waals surface area (Å²) in [6.07, 6.45) is 1.10. The molecule has 2 rings (SSSR count). The van der Waals surface area contributed by atoms with Gasteiger partial charge in [-0.15, -0.1) is 0 Å². The first-order chi connectivity index (χ1) is 9.77. The van der Waals surface area contributed by atoms with Gasteiger partial charge in [-0.2, -0.15) is 0 Å². The number of hydrogen-bond acceptors (Lipinski definition) is 4. The summed E-state index contributed by atoms with van der Waals surface area (Å²) in [7, 11) is -0.264. The van der Waals surface area contributed by atoms with Crippen LogP contribution in [-0.4, -0.2) is 51.4 Å². The molecular formula is C15H25N3O2S. The minimum Gasteiger partial charge on any atom is -0.330 e. The quantitative estimate of drug-likeness (QED) is 0.884. The molecule has 6 heteroatoms. The number of rotatable bonds is 5. The van der Waals surface area contributed by atoms with Crippen molar-refractivity contribution in [1.29, 1.82) is 0 Å². The van der Waals surface area contributed by atoms with E-state index in [9.17, 15) is 8.42 Å². The molecule has 0 amide bonds. The topological polar surface area (TPSA) is 66.6 Å². The maximum Gasteiger partial charge on any atom is 0.242 e. The molecule has 2 N–H and O–H groups in total. The molecule has 0 saturated carbocycles. The molecule has 5 nitrogen and oxygen atoms in total. The highest BCUT2D eigenvalue weighted by Crippen LogP contribution is 2.29. The third-order valence-corrected chi connectivity index (χ3v) is 6.02. The lowest BCUT2D eigenvalue weighted by atomic mass is 9.90. The monoisotopic (exact) mass is 311 g/mol. The Labute approximate surface area is 127 Å². The number of likely N-dealkylation sites (tertiary alicyclic amines) is 1. The SMILES string of the molecule is CN(C)S(=O)(=O)c1cccc(CN2CCC(C)(CN)C2)c1. The molecule has 1 saturated heterocycles. The van der Waals surface area contributed by atoms with E-state index in [1.165, 1.54) is 4.31 Å². The maximum absolute atomic E-state index is 12.2. The van der Waals surface area contributed by atoms with Crippen molar-refractivity contribution in [3.05, 3.63) is 29.8 Å². The van der Waals surface area contributed by atoms with Crippen LogP contribution in [0.4, 0.5) is 0 Å². The molecule has 118 valence electrons. The van der Waals surface area contributed by atoms with Crippen molar-refractivity contribution >= 4 is 10.0 Å². The molecule has 21 heavy (non-hydrogen) atoms. The van der Waals surface area contributed by atoms with Crippen molar-refractivity contribution in [3.8, 4) is 0 Å². The first-order valence-electron chi connectivity index (χ1n) is 7.21. The van der Waals surface area contributed by atoms with Crippen molar-refractivity contribution < 1.29 is 8.42 Å². The van der Waals surface area contributed by atoms with Crippen molar-refractivity contribution in [2.45, 2.75) is 24.8 Å². The molecule has 1 heterocycles. The zero-order chi connectivity index (χ0) is 15.7. The first-order valence-corrected chi connectivity index (χ1v) is 8.65. The molecule has 0 aromatic heterocycles. The predicted molar refractivity (Wildman–Crippen MR) is 84.4 cm³/mol. The number of benzene rings is 1. The van der Waals surface area contributed by atoms with Crippen LogP contribution in [-0.2, 0) is 16.6 Å². The van der Waals surface area contributed by atoms with Crippen LogP contribution in [0.2, 0.25) is 0 Å². The van der Waals surface area contributed by atoms with Crippen molar-refractivity contribution in [2.75, 3.05) is 33.7 Å². The Morgan fingerprint density at radius 3 is 2.67 bits per heavy atom. The fourth-order valence-corrected chi connectivity index (χ4v) is 3.67. The van der Waals surface area contributed by atoms with E-state index in [4.69, 9.17) is 5.73 Å². The van der Waals surface area contributed by atoms with Gasteiger partial charge in [-0.05, 0) is 42.6 Å². The van der Waals surface area contributed by atoms with E-state index in [1.807, 2.05) is 12.1 Å². The molecule has 0 radical (unpaired) electrons. The van der Waals surface area contributed by atoms with E-state index >= 15 is 0 Å². The van der Waals surface area contributed by atoms with Gasteiger partial charge in [0.1, 0.15) is 0 Å². The number of hydrogen-bond donors (Lipinski definition) is 1. The van der Waals surface area contributed by atoms with E-state index in [2.05, 4.69) is 11.8 Å². The van der Waals surface area contributed by atoms with E-state index < -0.39 is 10.0 Å². The summed E-state index contributed by atoms with van der Waals surface area (Å²) in [5.41, 5.74) is 7.04. The molecule has 1 unspecified atom stereocenters. The number of nitrogens with two attached hydrogens (primary N) is 1. The largest absolute Gasteiger partial charge is 0.330 e. The van der Waals surface area contributed by atoms with Crippen molar-refractivity contribution in [3.63, 3.8) is 0 Å². The van der Waals surface area contributed by atoms with Gasteiger partial charge in [-0.1, -0.05) is 19.1 Å². The lowest BCUT2D eigenvalue weighted by molar-refractivity contribution is 0.274. The zero-order valence-corrected chi connectivity index (χ0v) is 13.9. The lowest BCUT2D eigenvalue weighted by Crippen LogP contribution is -2.31. The molecule has 1 atom stereocenters. The van der Waals surface area contributed by atoms with Crippen LogP contribution in [0, 0.1) is 5.41 Å². The summed E-state index contributed by atoms with van der Waals surface area (Å²) in [6, 6.07) is 7.21. The van der Waals surface area contributed by atoms with Gasteiger partial charge in [-0.25, -0.2) is 12.7 Å². The van der Waals surface area contributed by atoms with Gasteiger partial charge in [0.25, 0.3) is 0 Å². The Bertz CT molecular complexity index is 601. The van der Waals surface area contributed by atoms with E-state index in [-0.39, 0.29) is 5.41 Å². The highest BCUT2D eigenvalue weighted by atomic mass is 32.2. The van der Waals surface area contributed by atoms with Gasteiger partial charge >= 0.3 is 0 Å². The molecule has 1 aromatic carbocycles. The molecule has 1 fully saturated rings. The number of sulfonamides is 1. The summed E-state index contributed by atoms with van der Waals surface area (Å²) in [4.78, 5) is 2.69. The van der Waals surface area contributed by atoms with Crippen molar-refractivity contribution in [1.82, 2.24) is 9.21 Å². The summed E-state index contributed by atoms with van der Waals surface area (Å²) in [5.74, 6) is 0. The highest BCUT2D eigenvalue weighted by Gasteiger charge is 2.32. The van der Waals surface area contributed by atoms with Gasteiger partial charge in [-0.3, -0.25) is 4.90 Å². The van der Waals surface area contributed by atoms with E-state index in [1.54, 1.807) is 26.2 Å².